The van der Waals surface area contributed by atoms with Gasteiger partial charge in [-0.3, -0.25) is 4.79 Å². The van der Waals surface area contributed by atoms with Crippen molar-refractivity contribution in [2.75, 3.05) is 7.05 Å². The summed E-state index contributed by atoms with van der Waals surface area (Å²) in [7, 11) is 1.75. The number of hydrogen-bond acceptors (Lipinski definition) is 3. The molecule has 0 aliphatic heterocycles. The number of hydrogen-bond donors (Lipinski definition) is 0. The summed E-state index contributed by atoms with van der Waals surface area (Å²) in [5.74, 6) is -0.139. The van der Waals surface area contributed by atoms with E-state index in [1.165, 1.54) is 0 Å². The van der Waals surface area contributed by atoms with Gasteiger partial charge in [0.05, 0.1) is 5.56 Å². The SMILES string of the molecule is CN(Cc1ccsc1)C(=O)c1cc(Br)cnc1Cl. The van der Waals surface area contributed by atoms with Gasteiger partial charge in [0.1, 0.15) is 5.15 Å². The quantitative estimate of drug-likeness (QED) is 0.792. The fraction of sp³-hybridized carbons (Fsp3) is 0.167. The molecule has 0 saturated carbocycles. The fourth-order valence-electron chi connectivity index (χ4n) is 1.51. The van der Waals surface area contributed by atoms with E-state index in [1.807, 2.05) is 16.8 Å². The first kappa shape index (κ1) is 13.5. The summed E-state index contributed by atoms with van der Waals surface area (Å²) in [6.07, 6.45) is 1.57. The van der Waals surface area contributed by atoms with Crippen LogP contribution in [-0.4, -0.2) is 22.8 Å². The lowest BCUT2D eigenvalue weighted by atomic mass is 10.2. The van der Waals surface area contributed by atoms with Crippen LogP contribution in [0.25, 0.3) is 0 Å². The Balaban J connectivity index is 2.17. The topological polar surface area (TPSA) is 33.2 Å². The molecule has 0 aliphatic carbocycles. The van der Waals surface area contributed by atoms with Gasteiger partial charge in [0, 0.05) is 24.3 Å². The third-order valence-corrected chi connectivity index (χ3v) is 3.85. The first-order chi connectivity index (χ1) is 8.58. The zero-order valence-electron chi connectivity index (χ0n) is 9.56. The van der Waals surface area contributed by atoms with Gasteiger partial charge in [-0.25, -0.2) is 4.98 Å². The van der Waals surface area contributed by atoms with Crippen LogP contribution in [0.1, 0.15) is 15.9 Å². The van der Waals surface area contributed by atoms with Gasteiger partial charge in [-0.2, -0.15) is 11.3 Å². The van der Waals surface area contributed by atoms with E-state index in [2.05, 4.69) is 20.9 Å². The Morgan fingerprint density at radius 2 is 2.39 bits per heavy atom. The number of rotatable bonds is 3. The minimum absolute atomic E-state index is 0.139. The number of amides is 1. The molecule has 1 amide bonds. The molecule has 2 heterocycles. The zero-order valence-corrected chi connectivity index (χ0v) is 12.7. The van der Waals surface area contributed by atoms with E-state index < -0.39 is 0 Å². The molecular weight excluding hydrogens is 336 g/mol. The van der Waals surface area contributed by atoms with Crippen LogP contribution in [0.3, 0.4) is 0 Å². The molecule has 3 nitrogen and oxygen atoms in total. The Morgan fingerprint density at radius 1 is 1.61 bits per heavy atom. The van der Waals surface area contributed by atoms with Crippen molar-refractivity contribution >= 4 is 44.8 Å². The molecule has 2 aromatic rings. The third kappa shape index (κ3) is 3.10. The molecule has 0 atom stereocenters. The molecule has 0 aromatic carbocycles. The van der Waals surface area contributed by atoms with Crippen LogP contribution in [0.5, 0.6) is 0 Å². The fourth-order valence-corrected chi connectivity index (χ4v) is 2.68. The molecule has 18 heavy (non-hydrogen) atoms. The molecule has 2 rings (SSSR count). The van der Waals surface area contributed by atoms with Crippen LogP contribution < -0.4 is 0 Å². The lowest BCUT2D eigenvalue weighted by molar-refractivity contribution is 0.0785. The summed E-state index contributed by atoms with van der Waals surface area (Å²) in [5, 5.41) is 4.23. The van der Waals surface area contributed by atoms with Gasteiger partial charge < -0.3 is 4.90 Å². The maximum absolute atomic E-state index is 12.2. The number of pyridine rings is 1. The number of carbonyl (C=O) groups is 1. The Morgan fingerprint density at radius 3 is 3.06 bits per heavy atom. The van der Waals surface area contributed by atoms with Crippen molar-refractivity contribution in [2.24, 2.45) is 0 Å². The van der Waals surface area contributed by atoms with Gasteiger partial charge in [-0.15, -0.1) is 0 Å². The van der Waals surface area contributed by atoms with Crippen molar-refractivity contribution < 1.29 is 4.79 Å². The van der Waals surface area contributed by atoms with Gasteiger partial charge >= 0.3 is 0 Å². The summed E-state index contributed by atoms with van der Waals surface area (Å²) in [6.45, 7) is 0.561. The van der Waals surface area contributed by atoms with E-state index >= 15 is 0 Å². The maximum atomic E-state index is 12.2. The van der Waals surface area contributed by atoms with E-state index in [9.17, 15) is 4.79 Å². The van der Waals surface area contributed by atoms with E-state index in [0.29, 0.717) is 12.1 Å². The van der Waals surface area contributed by atoms with E-state index in [-0.39, 0.29) is 11.1 Å². The van der Waals surface area contributed by atoms with Crippen LogP contribution in [0, 0.1) is 0 Å². The van der Waals surface area contributed by atoms with Crippen molar-refractivity contribution in [3.63, 3.8) is 0 Å². The Labute approximate surface area is 123 Å². The molecule has 0 saturated heterocycles. The first-order valence-corrected chi connectivity index (χ1v) is 7.27. The van der Waals surface area contributed by atoms with E-state index in [1.54, 1.807) is 35.5 Å². The number of thiophene rings is 1. The van der Waals surface area contributed by atoms with Gasteiger partial charge in [-0.1, -0.05) is 11.6 Å². The number of nitrogens with zero attached hydrogens (tertiary/aromatic N) is 2. The van der Waals surface area contributed by atoms with Crippen molar-refractivity contribution in [2.45, 2.75) is 6.54 Å². The molecule has 0 fully saturated rings. The molecular formula is C12H10BrClN2OS. The second-order valence-electron chi connectivity index (χ2n) is 3.78. The molecule has 0 spiro atoms. The van der Waals surface area contributed by atoms with Crippen molar-refractivity contribution in [3.8, 4) is 0 Å². The molecule has 0 bridgehead atoms. The third-order valence-electron chi connectivity index (χ3n) is 2.38. The van der Waals surface area contributed by atoms with Crippen molar-refractivity contribution in [1.82, 2.24) is 9.88 Å². The number of halogens is 2. The van der Waals surface area contributed by atoms with Crippen molar-refractivity contribution in [1.29, 1.82) is 0 Å². The monoisotopic (exact) mass is 344 g/mol. The first-order valence-electron chi connectivity index (χ1n) is 5.15. The van der Waals surface area contributed by atoms with Crippen LogP contribution >= 0.6 is 38.9 Å². The van der Waals surface area contributed by atoms with E-state index in [4.69, 9.17) is 11.6 Å². The van der Waals surface area contributed by atoms with E-state index in [0.717, 1.165) is 10.0 Å². The second kappa shape index (κ2) is 5.82. The highest BCUT2D eigenvalue weighted by atomic mass is 79.9. The molecule has 94 valence electrons. The molecule has 0 N–H and O–H groups in total. The predicted octanol–water partition coefficient (Wildman–Crippen LogP) is 3.83. The molecule has 0 unspecified atom stereocenters. The normalized spacial score (nSPS) is 10.4. The minimum Gasteiger partial charge on any atom is -0.337 e. The smallest absolute Gasteiger partial charge is 0.257 e. The standard InChI is InChI=1S/C12H10BrClN2OS/c1-16(6-8-2-3-18-7-8)12(17)10-4-9(13)5-15-11(10)14/h2-5,7H,6H2,1H3. The minimum atomic E-state index is -0.139. The zero-order chi connectivity index (χ0) is 13.1. The van der Waals surface area contributed by atoms with Gasteiger partial charge in [0.2, 0.25) is 0 Å². The van der Waals surface area contributed by atoms with Crippen LogP contribution in [0.2, 0.25) is 5.15 Å². The molecule has 0 radical (unpaired) electrons. The maximum Gasteiger partial charge on any atom is 0.257 e. The van der Waals surface area contributed by atoms with Crippen LogP contribution in [0.4, 0.5) is 0 Å². The lowest BCUT2D eigenvalue weighted by Gasteiger charge is -2.17. The Hall–Kier alpha value is -0.910. The van der Waals surface area contributed by atoms with Crippen molar-refractivity contribution in [3.05, 3.63) is 49.8 Å². The average Bonchev–Trinajstić information content (AvgIpc) is 2.84. The van der Waals surface area contributed by atoms with Crippen LogP contribution in [-0.2, 0) is 6.54 Å². The summed E-state index contributed by atoms with van der Waals surface area (Å²) in [6, 6.07) is 3.68. The summed E-state index contributed by atoms with van der Waals surface area (Å²) < 4.78 is 0.735. The van der Waals surface area contributed by atoms with Gasteiger partial charge in [-0.05, 0) is 44.4 Å². The average molecular weight is 346 g/mol. The van der Waals surface area contributed by atoms with Gasteiger partial charge in [0.15, 0.2) is 0 Å². The summed E-state index contributed by atoms with van der Waals surface area (Å²) in [5.41, 5.74) is 1.51. The Kier molecular flexibility index (Phi) is 4.37. The highest BCUT2D eigenvalue weighted by molar-refractivity contribution is 9.10. The predicted molar refractivity (Wildman–Crippen MR) is 77.1 cm³/mol. The largest absolute Gasteiger partial charge is 0.337 e. The highest BCUT2D eigenvalue weighted by Gasteiger charge is 2.16. The van der Waals surface area contributed by atoms with Crippen LogP contribution in [0.15, 0.2) is 33.6 Å². The lowest BCUT2D eigenvalue weighted by Crippen LogP contribution is -2.26. The molecule has 6 heteroatoms. The highest BCUT2D eigenvalue weighted by Crippen LogP contribution is 2.20. The number of carbonyl (C=O) groups excluding carboxylic acids is 1. The Bertz CT molecular complexity index is 559. The molecule has 0 aliphatic rings. The number of aromatic nitrogens is 1. The summed E-state index contributed by atoms with van der Waals surface area (Å²) in [4.78, 5) is 17.8. The summed E-state index contributed by atoms with van der Waals surface area (Å²) >= 11 is 10.8. The second-order valence-corrected chi connectivity index (χ2v) is 5.84. The molecule has 2 aromatic heterocycles. The van der Waals surface area contributed by atoms with Gasteiger partial charge in [0.25, 0.3) is 5.91 Å².